The Bertz CT molecular complexity index is 241. The Labute approximate surface area is 120 Å². The third kappa shape index (κ3) is 4.46. The molecule has 1 heterocycles. The minimum atomic E-state index is 0.754. The van der Waals surface area contributed by atoms with E-state index >= 15 is 0 Å². The van der Waals surface area contributed by atoms with Gasteiger partial charge in [-0.2, -0.15) is 0 Å². The molecule has 0 spiro atoms. The lowest BCUT2D eigenvalue weighted by Crippen LogP contribution is -2.36. The number of likely N-dealkylation sites (tertiary alicyclic amines) is 1. The number of nitrogens with zero attached hydrogens (tertiary/aromatic N) is 1. The van der Waals surface area contributed by atoms with Gasteiger partial charge in [0.05, 0.1) is 0 Å². The number of nitrogens with one attached hydrogen (secondary N) is 1. The topological polar surface area (TPSA) is 15.3 Å². The van der Waals surface area contributed by atoms with E-state index in [2.05, 4.69) is 24.1 Å². The first-order chi connectivity index (χ1) is 9.35. The molecule has 112 valence electrons. The van der Waals surface area contributed by atoms with E-state index in [1.165, 1.54) is 77.4 Å². The number of rotatable bonds is 8. The second-order valence-corrected chi connectivity index (χ2v) is 6.64. The Kier molecular flexibility index (Phi) is 6.66. The smallest absolute Gasteiger partial charge is 0.0124 e. The van der Waals surface area contributed by atoms with Gasteiger partial charge in [0.2, 0.25) is 0 Å². The molecule has 2 rings (SSSR count). The molecule has 2 fully saturated rings. The molecular weight excluding hydrogens is 232 g/mol. The molecule has 2 nitrogen and oxygen atoms in total. The SMILES string of the molecule is CCCNC(CC)CCCN1CCC2CCCCC21. The second kappa shape index (κ2) is 8.26. The van der Waals surface area contributed by atoms with Gasteiger partial charge in [0.15, 0.2) is 0 Å². The van der Waals surface area contributed by atoms with Crippen molar-refractivity contribution in [3.63, 3.8) is 0 Å². The maximum atomic E-state index is 3.68. The van der Waals surface area contributed by atoms with E-state index in [0.29, 0.717) is 0 Å². The quantitative estimate of drug-likeness (QED) is 0.718. The van der Waals surface area contributed by atoms with Crippen LogP contribution < -0.4 is 5.32 Å². The van der Waals surface area contributed by atoms with Gasteiger partial charge in [-0.05, 0) is 70.5 Å². The third-order valence-electron chi connectivity index (χ3n) is 5.30. The predicted molar refractivity (Wildman–Crippen MR) is 83.5 cm³/mol. The summed E-state index contributed by atoms with van der Waals surface area (Å²) < 4.78 is 0. The summed E-state index contributed by atoms with van der Waals surface area (Å²) in [7, 11) is 0. The van der Waals surface area contributed by atoms with Crippen molar-refractivity contribution in [3.05, 3.63) is 0 Å². The summed E-state index contributed by atoms with van der Waals surface area (Å²) in [5.74, 6) is 1.05. The van der Waals surface area contributed by atoms with E-state index in [1.54, 1.807) is 0 Å². The first-order valence-electron chi connectivity index (χ1n) is 8.82. The molecule has 1 saturated heterocycles. The van der Waals surface area contributed by atoms with E-state index in [1.807, 2.05) is 0 Å². The van der Waals surface area contributed by atoms with E-state index < -0.39 is 0 Å². The van der Waals surface area contributed by atoms with Crippen LogP contribution in [0.1, 0.15) is 71.6 Å². The highest BCUT2D eigenvalue weighted by atomic mass is 15.2. The van der Waals surface area contributed by atoms with Crippen LogP contribution in [0.15, 0.2) is 0 Å². The summed E-state index contributed by atoms with van der Waals surface area (Å²) in [5, 5.41) is 3.68. The van der Waals surface area contributed by atoms with Crippen LogP contribution in [-0.2, 0) is 0 Å². The van der Waals surface area contributed by atoms with Gasteiger partial charge in [-0.15, -0.1) is 0 Å². The Hall–Kier alpha value is -0.0800. The van der Waals surface area contributed by atoms with Crippen LogP contribution >= 0.6 is 0 Å². The zero-order valence-corrected chi connectivity index (χ0v) is 13.2. The maximum absolute atomic E-state index is 3.68. The van der Waals surface area contributed by atoms with Gasteiger partial charge in [0, 0.05) is 12.1 Å². The fourth-order valence-corrected chi connectivity index (χ4v) is 4.12. The van der Waals surface area contributed by atoms with Crippen molar-refractivity contribution in [1.82, 2.24) is 10.2 Å². The molecule has 3 atom stereocenters. The lowest BCUT2D eigenvalue weighted by atomic mass is 9.85. The summed E-state index contributed by atoms with van der Waals surface area (Å²) in [5.41, 5.74) is 0. The predicted octanol–water partition coefficient (Wildman–Crippen LogP) is 3.81. The minimum Gasteiger partial charge on any atom is -0.314 e. The van der Waals surface area contributed by atoms with Gasteiger partial charge < -0.3 is 10.2 Å². The van der Waals surface area contributed by atoms with E-state index in [0.717, 1.165) is 18.0 Å². The molecule has 0 aromatic heterocycles. The normalized spacial score (nSPS) is 29.4. The molecule has 1 saturated carbocycles. The molecule has 0 bridgehead atoms. The molecule has 1 N–H and O–H groups in total. The molecule has 0 amide bonds. The third-order valence-corrected chi connectivity index (χ3v) is 5.30. The van der Waals surface area contributed by atoms with Crippen molar-refractivity contribution >= 4 is 0 Å². The van der Waals surface area contributed by atoms with Crippen molar-refractivity contribution in [1.29, 1.82) is 0 Å². The highest BCUT2D eigenvalue weighted by Crippen LogP contribution is 2.36. The highest BCUT2D eigenvalue weighted by Gasteiger charge is 2.34. The molecule has 2 heteroatoms. The molecule has 1 aliphatic carbocycles. The zero-order valence-electron chi connectivity index (χ0n) is 13.2. The maximum Gasteiger partial charge on any atom is 0.0124 e. The summed E-state index contributed by atoms with van der Waals surface area (Å²) in [6.07, 6.45) is 12.7. The minimum absolute atomic E-state index is 0.754. The van der Waals surface area contributed by atoms with Crippen LogP contribution in [0.5, 0.6) is 0 Å². The van der Waals surface area contributed by atoms with Crippen LogP contribution in [-0.4, -0.2) is 36.6 Å². The van der Waals surface area contributed by atoms with Gasteiger partial charge in [-0.25, -0.2) is 0 Å². The van der Waals surface area contributed by atoms with E-state index in [4.69, 9.17) is 0 Å². The second-order valence-electron chi connectivity index (χ2n) is 6.64. The van der Waals surface area contributed by atoms with Crippen LogP contribution in [0.4, 0.5) is 0 Å². The Morgan fingerprint density at radius 1 is 1.16 bits per heavy atom. The molecule has 19 heavy (non-hydrogen) atoms. The monoisotopic (exact) mass is 266 g/mol. The largest absolute Gasteiger partial charge is 0.314 e. The van der Waals surface area contributed by atoms with Crippen molar-refractivity contribution < 1.29 is 0 Å². The Morgan fingerprint density at radius 2 is 2.00 bits per heavy atom. The first kappa shape index (κ1) is 15.3. The van der Waals surface area contributed by atoms with Crippen molar-refractivity contribution in [3.8, 4) is 0 Å². The zero-order chi connectivity index (χ0) is 13.5. The number of hydrogen-bond acceptors (Lipinski definition) is 2. The average molecular weight is 266 g/mol. The van der Waals surface area contributed by atoms with Crippen molar-refractivity contribution in [2.24, 2.45) is 5.92 Å². The van der Waals surface area contributed by atoms with Gasteiger partial charge in [-0.1, -0.05) is 26.7 Å². The van der Waals surface area contributed by atoms with E-state index in [9.17, 15) is 0 Å². The fourth-order valence-electron chi connectivity index (χ4n) is 4.12. The molecule has 2 aliphatic rings. The van der Waals surface area contributed by atoms with Gasteiger partial charge in [0.25, 0.3) is 0 Å². The van der Waals surface area contributed by atoms with Crippen LogP contribution in [0.25, 0.3) is 0 Å². The summed E-state index contributed by atoms with van der Waals surface area (Å²) in [6.45, 7) is 8.50. The van der Waals surface area contributed by atoms with Gasteiger partial charge in [0.1, 0.15) is 0 Å². The van der Waals surface area contributed by atoms with Crippen LogP contribution in [0.3, 0.4) is 0 Å². The molecule has 0 aromatic carbocycles. The van der Waals surface area contributed by atoms with Crippen molar-refractivity contribution in [2.45, 2.75) is 83.7 Å². The summed E-state index contributed by atoms with van der Waals surface area (Å²) >= 11 is 0. The molecule has 3 unspecified atom stereocenters. The summed E-state index contributed by atoms with van der Waals surface area (Å²) in [6, 6.07) is 1.71. The Morgan fingerprint density at radius 3 is 2.79 bits per heavy atom. The lowest BCUT2D eigenvalue weighted by molar-refractivity contribution is 0.178. The average Bonchev–Trinajstić information content (AvgIpc) is 2.86. The first-order valence-corrected chi connectivity index (χ1v) is 8.82. The Balaban J connectivity index is 1.64. The van der Waals surface area contributed by atoms with Gasteiger partial charge in [-0.3, -0.25) is 0 Å². The highest BCUT2D eigenvalue weighted by molar-refractivity contribution is 4.89. The van der Waals surface area contributed by atoms with Crippen LogP contribution in [0, 0.1) is 5.92 Å². The summed E-state index contributed by atoms with van der Waals surface area (Å²) in [4.78, 5) is 2.82. The number of fused-ring (bicyclic) bond motifs is 1. The molecule has 0 aromatic rings. The fraction of sp³-hybridized carbons (Fsp3) is 1.00. The molecular formula is C17H34N2. The van der Waals surface area contributed by atoms with Crippen molar-refractivity contribution in [2.75, 3.05) is 19.6 Å². The standard InChI is InChI=1S/C17H34N2/c1-3-12-18-16(4-2)9-7-13-19-14-11-15-8-5-6-10-17(15)19/h15-18H,3-14H2,1-2H3. The molecule has 0 radical (unpaired) electrons. The van der Waals surface area contributed by atoms with Gasteiger partial charge >= 0.3 is 0 Å². The van der Waals surface area contributed by atoms with E-state index in [-0.39, 0.29) is 0 Å². The molecule has 1 aliphatic heterocycles. The van der Waals surface area contributed by atoms with Crippen LogP contribution in [0.2, 0.25) is 0 Å². The number of hydrogen-bond donors (Lipinski definition) is 1. The lowest BCUT2D eigenvalue weighted by Gasteiger charge is -2.32.